The summed E-state index contributed by atoms with van der Waals surface area (Å²) in [7, 11) is 0. The number of fused-ring (bicyclic) bond motifs is 1. The molecule has 0 bridgehead atoms. The average molecular weight is 168 g/mol. The lowest BCUT2D eigenvalue weighted by molar-refractivity contribution is 0.354. The summed E-state index contributed by atoms with van der Waals surface area (Å²) in [5.41, 5.74) is 1.19. The average Bonchev–Trinajstić information content (AvgIpc) is 2.45. The number of rotatable bonds is 0. The summed E-state index contributed by atoms with van der Waals surface area (Å²) in [6.45, 7) is 1.93. The molecule has 1 aromatic rings. The second-order valence-electron chi connectivity index (χ2n) is 2.83. The van der Waals surface area contributed by atoms with Crippen molar-refractivity contribution in [3.05, 3.63) is 28.0 Å². The molecule has 0 nitrogen and oxygen atoms in total. The molecule has 0 radical (unpaired) electrons. The zero-order valence-electron chi connectivity index (χ0n) is 6.25. The molecule has 2 unspecified atom stereocenters. The van der Waals surface area contributed by atoms with Gasteiger partial charge in [0.2, 0.25) is 0 Å². The van der Waals surface area contributed by atoms with Gasteiger partial charge in [-0.25, -0.2) is 4.39 Å². The van der Waals surface area contributed by atoms with Gasteiger partial charge in [0.1, 0.15) is 6.17 Å². The SMILES string of the molecule is CC1c2sccc2C=CC1F. The standard InChI is InChI=1S/C9H9FS/c1-6-8(10)3-2-7-4-5-11-9(6)7/h2-6,8H,1H3. The van der Waals surface area contributed by atoms with E-state index in [1.807, 2.05) is 24.4 Å². The maximum absolute atomic E-state index is 13.1. The molecule has 1 heterocycles. The Bertz CT molecular complexity index is 288. The van der Waals surface area contributed by atoms with Crippen LogP contribution in [0, 0.1) is 0 Å². The van der Waals surface area contributed by atoms with E-state index in [-0.39, 0.29) is 5.92 Å². The summed E-state index contributed by atoms with van der Waals surface area (Å²) in [6, 6.07) is 2.04. The molecular weight excluding hydrogens is 159 g/mol. The maximum atomic E-state index is 13.1. The first-order valence-corrected chi connectivity index (χ1v) is 4.56. The van der Waals surface area contributed by atoms with Crippen LogP contribution in [0.25, 0.3) is 6.08 Å². The Morgan fingerprint density at radius 1 is 1.55 bits per heavy atom. The molecule has 1 aliphatic carbocycles. The largest absolute Gasteiger partial charge is 0.242 e. The van der Waals surface area contributed by atoms with Crippen molar-refractivity contribution >= 4 is 17.4 Å². The van der Waals surface area contributed by atoms with Gasteiger partial charge in [0.15, 0.2) is 0 Å². The molecule has 1 aliphatic rings. The Hall–Kier alpha value is -0.630. The number of hydrogen-bond acceptors (Lipinski definition) is 1. The maximum Gasteiger partial charge on any atom is 0.126 e. The molecule has 0 saturated heterocycles. The van der Waals surface area contributed by atoms with Gasteiger partial charge in [-0.2, -0.15) is 0 Å². The molecule has 0 spiro atoms. The second-order valence-corrected chi connectivity index (χ2v) is 3.78. The van der Waals surface area contributed by atoms with E-state index in [2.05, 4.69) is 0 Å². The van der Waals surface area contributed by atoms with Crippen molar-refractivity contribution < 1.29 is 4.39 Å². The minimum Gasteiger partial charge on any atom is -0.242 e. The van der Waals surface area contributed by atoms with Crippen molar-refractivity contribution in [1.82, 2.24) is 0 Å². The zero-order valence-corrected chi connectivity index (χ0v) is 7.07. The number of allylic oxidation sites excluding steroid dienone is 1. The third-order valence-electron chi connectivity index (χ3n) is 2.08. The van der Waals surface area contributed by atoms with E-state index in [1.54, 1.807) is 17.4 Å². The van der Waals surface area contributed by atoms with Crippen LogP contribution in [0.5, 0.6) is 0 Å². The van der Waals surface area contributed by atoms with Gasteiger partial charge in [0.05, 0.1) is 0 Å². The first-order valence-electron chi connectivity index (χ1n) is 3.68. The Balaban J connectivity index is 2.48. The third-order valence-corrected chi connectivity index (χ3v) is 3.21. The molecule has 0 fully saturated rings. The number of thiophene rings is 1. The summed E-state index contributed by atoms with van der Waals surface area (Å²) in [5.74, 6) is 0.0509. The fourth-order valence-corrected chi connectivity index (χ4v) is 2.32. The lowest BCUT2D eigenvalue weighted by atomic mass is 9.95. The molecule has 58 valence electrons. The summed E-state index contributed by atoms with van der Waals surface area (Å²) < 4.78 is 13.1. The molecule has 2 heteroatoms. The van der Waals surface area contributed by atoms with E-state index in [0.717, 1.165) is 0 Å². The minimum absolute atomic E-state index is 0.0509. The van der Waals surface area contributed by atoms with Crippen LogP contribution in [-0.4, -0.2) is 6.17 Å². The van der Waals surface area contributed by atoms with E-state index >= 15 is 0 Å². The van der Waals surface area contributed by atoms with Crippen molar-refractivity contribution in [1.29, 1.82) is 0 Å². The Labute approximate surface area is 69.4 Å². The third kappa shape index (κ3) is 1.02. The lowest BCUT2D eigenvalue weighted by Crippen LogP contribution is -2.10. The molecule has 0 aromatic carbocycles. The van der Waals surface area contributed by atoms with Crippen molar-refractivity contribution in [2.45, 2.75) is 19.0 Å². The normalized spacial score (nSPS) is 28.5. The van der Waals surface area contributed by atoms with Crippen LogP contribution in [0.1, 0.15) is 23.3 Å². The summed E-state index contributed by atoms with van der Waals surface area (Å²) in [4.78, 5) is 1.18. The summed E-state index contributed by atoms with van der Waals surface area (Å²) in [5, 5.41) is 2.02. The quantitative estimate of drug-likeness (QED) is 0.558. The van der Waals surface area contributed by atoms with E-state index < -0.39 is 6.17 Å². The monoisotopic (exact) mass is 168 g/mol. The van der Waals surface area contributed by atoms with Crippen molar-refractivity contribution in [3.63, 3.8) is 0 Å². The van der Waals surface area contributed by atoms with Gasteiger partial charge in [0, 0.05) is 10.8 Å². The van der Waals surface area contributed by atoms with E-state index in [4.69, 9.17) is 0 Å². The van der Waals surface area contributed by atoms with Crippen molar-refractivity contribution in [2.75, 3.05) is 0 Å². The van der Waals surface area contributed by atoms with Gasteiger partial charge in [-0.15, -0.1) is 11.3 Å². The van der Waals surface area contributed by atoms with Gasteiger partial charge in [0.25, 0.3) is 0 Å². The number of hydrogen-bond donors (Lipinski definition) is 0. The van der Waals surface area contributed by atoms with Gasteiger partial charge in [-0.05, 0) is 23.1 Å². The highest BCUT2D eigenvalue weighted by Gasteiger charge is 2.22. The molecular formula is C9H9FS. The van der Waals surface area contributed by atoms with Gasteiger partial charge >= 0.3 is 0 Å². The van der Waals surface area contributed by atoms with Crippen LogP contribution in [-0.2, 0) is 0 Å². The predicted molar refractivity (Wildman–Crippen MR) is 46.7 cm³/mol. The molecule has 2 atom stereocenters. The second kappa shape index (κ2) is 2.45. The molecule has 1 aromatic heterocycles. The van der Waals surface area contributed by atoms with Crippen molar-refractivity contribution in [2.24, 2.45) is 0 Å². The van der Waals surface area contributed by atoms with Crippen LogP contribution in [0.3, 0.4) is 0 Å². The van der Waals surface area contributed by atoms with Crippen LogP contribution in [0.15, 0.2) is 17.5 Å². The topological polar surface area (TPSA) is 0 Å². The first-order chi connectivity index (χ1) is 5.29. The number of alkyl halides is 1. The molecule has 0 amide bonds. The van der Waals surface area contributed by atoms with Gasteiger partial charge < -0.3 is 0 Å². The fourth-order valence-electron chi connectivity index (χ4n) is 1.35. The highest BCUT2D eigenvalue weighted by molar-refractivity contribution is 7.10. The first kappa shape index (κ1) is 7.04. The summed E-state index contributed by atoms with van der Waals surface area (Å²) >= 11 is 1.65. The Morgan fingerprint density at radius 3 is 3.18 bits per heavy atom. The van der Waals surface area contributed by atoms with Gasteiger partial charge in [-0.1, -0.05) is 13.0 Å². The van der Waals surface area contributed by atoms with E-state index in [9.17, 15) is 4.39 Å². The van der Waals surface area contributed by atoms with Gasteiger partial charge in [-0.3, -0.25) is 0 Å². The molecule has 0 aliphatic heterocycles. The Morgan fingerprint density at radius 2 is 2.36 bits per heavy atom. The minimum atomic E-state index is -0.791. The predicted octanol–water partition coefficient (Wildman–Crippen LogP) is 3.22. The molecule has 0 saturated carbocycles. The fraction of sp³-hybridized carbons (Fsp3) is 0.333. The molecule has 11 heavy (non-hydrogen) atoms. The zero-order chi connectivity index (χ0) is 7.84. The molecule has 2 rings (SSSR count). The smallest absolute Gasteiger partial charge is 0.126 e. The van der Waals surface area contributed by atoms with Crippen LogP contribution >= 0.6 is 11.3 Å². The highest BCUT2D eigenvalue weighted by atomic mass is 32.1. The summed E-state index contributed by atoms with van der Waals surface area (Å²) in [6.07, 6.45) is 2.72. The number of halogens is 1. The van der Waals surface area contributed by atoms with E-state index in [0.29, 0.717) is 0 Å². The van der Waals surface area contributed by atoms with Crippen LogP contribution in [0.4, 0.5) is 4.39 Å². The Kier molecular flexibility index (Phi) is 1.57. The van der Waals surface area contributed by atoms with Crippen molar-refractivity contribution in [3.8, 4) is 0 Å². The highest BCUT2D eigenvalue weighted by Crippen LogP contribution is 2.34. The van der Waals surface area contributed by atoms with Crippen LogP contribution < -0.4 is 0 Å². The van der Waals surface area contributed by atoms with Crippen LogP contribution in [0.2, 0.25) is 0 Å². The molecule has 0 N–H and O–H groups in total. The lowest BCUT2D eigenvalue weighted by Gasteiger charge is -2.17. The van der Waals surface area contributed by atoms with E-state index in [1.165, 1.54) is 10.4 Å².